The maximum absolute atomic E-state index is 12.8. The largest absolute Gasteiger partial charge is 0.386 e. The molecule has 0 bridgehead atoms. The van der Waals surface area contributed by atoms with Gasteiger partial charge in [-0.25, -0.2) is 4.39 Å². The molecule has 0 saturated carbocycles. The molecule has 0 aliphatic carbocycles. The zero-order valence-corrected chi connectivity index (χ0v) is 10.3. The fraction of sp³-hybridized carbons (Fsp3) is 0.143. The van der Waals surface area contributed by atoms with Crippen molar-refractivity contribution in [1.29, 1.82) is 0 Å². The monoisotopic (exact) mass is 265 g/mol. The van der Waals surface area contributed by atoms with Crippen molar-refractivity contribution in [3.8, 4) is 0 Å². The molecule has 0 radical (unpaired) electrons. The van der Waals surface area contributed by atoms with Gasteiger partial charge in [-0.2, -0.15) is 0 Å². The fourth-order valence-electron chi connectivity index (χ4n) is 1.77. The number of benzene rings is 2. The molecule has 94 valence electrons. The third kappa shape index (κ3) is 2.88. The van der Waals surface area contributed by atoms with Crippen molar-refractivity contribution in [3.63, 3.8) is 0 Å². The van der Waals surface area contributed by atoms with Crippen molar-refractivity contribution in [2.24, 2.45) is 5.73 Å². The summed E-state index contributed by atoms with van der Waals surface area (Å²) in [6.07, 6.45) is -0.880. The van der Waals surface area contributed by atoms with E-state index in [4.69, 9.17) is 17.3 Å². The van der Waals surface area contributed by atoms with Crippen LogP contribution in [0.2, 0.25) is 5.02 Å². The van der Waals surface area contributed by atoms with Crippen LogP contribution in [0, 0.1) is 5.82 Å². The number of rotatable bonds is 3. The lowest BCUT2D eigenvalue weighted by molar-refractivity contribution is 0.147. The van der Waals surface area contributed by atoms with Gasteiger partial charge in [-0.1, -0.05) is 35.9 Å². The summed E-state index contributed by atoms with van der Waals surface area (Å²) in [5.41, 5.74) is 7.26. The first-order valence-electron chi connectivity index (χ1n) is 5.52. The van der Waals surface area contributed by atoms with E-state index >= 15 is 0 Å². The minimum atomic E-state index is -0.880. The average Bonchev–Trinajstić information content (AvgIpc) is 2.38. The summed E-state index contributed by atoms with van der Waals surface area (Å²) in [5, 5.41) is 10.7. The van der Waals surface area contributed by atoms with Gasteiger partial charge in [0.25, 0.3) is 0 Å². The Labute approximate surface area is 110 Å². The van der Waals surface area contributed by atoms with E-state index in [2.05, 4.69) is 0 Å². The standard InChI is InChI=1S/C14H13ClFNO/c15-11-3-1-2-10(8-11)14(18)13(17)9-4-6-12(16)7-5-9/h1-8,13-14,18H,17H2/t13-,14?/m1/s1. The van der Waals surface area contributed by atoms with Gasteiger partial charge in [0.1, 0.15) is 5.82 Å². The lowest BCUT2D eigenvalue weighted by atomic mass is 9.97. The summed E-state index contributed by atoms with van der Waals surface area (Å²) >= 11 is 5.86. The van der Waals surface area contributed by atoms with Gasteiger partial charge in [0.2, 0.25) is 0 Å². The Bertz CT molecular complexity index is 530. The summed E-state index contributed by atoms with van der Waals surface area (Å²) in [6.45, 7) is 0. The van der Waals surface area contributed by atoms with Crippen molar-refractivity contribution >= 4 is 11.6 Å². The SMILES string of the molecule is N[C@H](c1ccc(F)cc1)C(O)c1cccc(Cl)c1. The quantitative estimate of drug-likeness (QED) is 0.895. The van der Waals surface area contributed by atoms with Crippen molar-refractivity contribution in [2.75, 3.05) is 0 Å². The predicted molar refractivity (Wildman–Crippen MR) is 69.7 cm³/mol. The van der Waals surface area contributed by atoms with Crippen LogP contribution >= 0.6 is 11.6 Å². The molecule has 0 saturated heterocycles. The maximum atomic E-state index is 12.8. The molecular formula is C14H13ClFNO. The second-order valence-electron chi connectivity index (χ2n) is 4.08. The van der Waals surface area contributed by atoms with Crippen LogP contribution in [0.5, 0.6) is 0 Å². The third-order valence-corrected chi connectivity index (χ3v) is 3.02. The molecule has 2 aromatic rings. The molecule has 0 aliphatic rings. The maximum Gasteiger partial charge on any atom is 0.123 e. The first-order chi connectivity index (χ1) is 8.58. The smallest absolute Gasteiger partial charge is 0.123 e. The molecule has 0 aliphatic heterocycles. The number of hydrogen-bond acceptors (Lipinski definition) is 2. The average molecular weight is 266 g/mol. The zero-order valence-electron chi connectivity index (χ0n) is 9.55. The fourth-order valence-corrected chi connectivity index (χ4v) is 1.96. The zero-order chi connectivity index (χ0) is 13.1. The molecule has 2 atom stereocenters. The van der Waals surface area contributed by atoms with E-state index in [9.17, 15) is 9.50 Å². The van der Waals surface area contributed by atoms with Gasteiger partial charge >= 0.3 is 0 Å². The molecule has 0 spiro atoms. The first-order valence-corrected chi connectivity index (χ1v) is 5.90. The van der Waals surface area contributed by atoms with Crippen molar-refractivity contribution in [3.05, 3.63) is 70.5 Å². The molecule has 4 heteroatoms. The van der Waals surface area contributed by atoms with Crippen LogP contribution in [-0.4, -0.2) is 5.11 Å². The Morgan fingerprint density at radius 1 is 1.06 bits per heavy atom. The molecule has 2 nitrogen and oxygen atoms in total. The summed E-state index contributed by atoms with van der Waals surface area (Å²) in [6, 6.07) is 12.0. The second-order valence-corrected chi connectivity index (χ2v) is 4.51. The van der Waals surface area contributed by atoms with Gasteiger partial charge in [0.05, 0.1) is 12.1 Å². The highest BCUT2D eigenvalue weighted by molar-refractivity contribution is 6.30. The van der Waals surface area contributed by atoms with Crippen LogP contribution in [0.25, 0.3) is 0 Å². The van der Waals surface area contributed by atoms with Gasteiger partial charge in [0.15, 0.2) is 0 Å². The number of hydrogen-bond donors (Lipinski definition) is 2. The third-order valence-electron chi connectivity index (χ3n) is 2.79. The van der Waals surface area contributed by atoms with E-state index in [1.54, 1.807) is 36.4 Å². The van der Waals surface area contributed by atoms with Gasteiger partial charge in [-0.3, -0.25) is 0 Å². The molecule has 0 amide bonds. The highest BCUT2D eigenvalue weighted by atomic mass is 35.5. The number of nitrogens with two attached hydrogens (primary N) is 1. The van der Waals surface area contributed by atoms with Gasteiger partial charge in [-0.15, -0.1) is 0 Å². The van der Waals surface area contributed by atoms with Crippen LogP contribution in [0.3, 0.4) is 0 Å². The topological polar surface area (TPSA) is 46.2 Å². The number of aliphatic hydroxyl groups excluding tert-OH is 1. The minimum absolute atomic E-state index is 0.330. The van der Waals surface area contributed by atoms with Crippen molar-refractivity contribution < 1.29 is 9.50 Å². The van der Waals surface area contributed by atoms with Crippen LogP contribution in [-0.2, 0) is 0 Å². The van der Waals surface area contributed by atoms with Gasteiger partial charge < -0.3 is 10.8 Å². The van der Waals surface area contributed by atoms with E-state index in [0.717, 1.165) is 0 Å². The van der Waals surface area contributed by atoms with Crippen molar-refractivity contribution in [2.45, 2.75) is 12.1 Å². The van der Waals surface area contributed by atoms with E-state index in [0.29, 0.717) is 16.1 Å². The van der Waals surface area contributed by atoms with Gasteiger partial charge in [-0.05, 0) is 35.4 Å². The van der Waals surface area contributed by atoms with E-state index < -0.39 is 12.1 Å². The van der Waals surface area contributed by atoms with E-state index in [1.807, 2.05) is 0 Å². The molecule has 0 fully saturated rings. The van der Waals surface area contributed by atoms with E-state index in [1.165, 1.54) is 12.1 Å². The molecule has 3 N–H and O–H groups in total. The first kappa shape index (κ1) is 13.0. The van der Waals surface area contributed by atoms with Crippen LogP contribution < -0.4 is 5.73 Å². The van der Waals surface area contributed by atoms with Crippen LogP contribution in [0.4, 0.5) is 4.39 Å². The molecule has 0 aromatic heterocycles. The minimum Gasteiger partial charge on any atom is -0.386 e. The Kier molecular flexibility index (Phi) is 3.97. The van der Waals surface area contributed by atoms with E-state index in [-0.39, 0.29) is 5.82 Å². The Morgan fingerprint density at radius 2 is 1.72 bits per heavy atom. The Morgan fingerprint density at radius 3 is 2.33 bits per heavy atom. The lowest BCUT2D eigenvalue weighted by Crippen LogP contribution is -2.19. The summed E-state index contributed by atoms with van der Waals surface area (Å²) < 4.78 is 12.8. The van der Waals surface area contributed by atoms with Crippen molar-refractivity contribution in [1.82, 2.24) is 0 Å². The highest BCUT2D eigenvalue weighted by Gasteiger charge is 2.18. The molecule has 2 rings (SSSR count). The molecule has 1 unspecified atom stereocenters. The molecule has 2 aromatic carbocycles. The Balaban J connectivity index is 2.23. The second kappa shape index (κ2) is 5.48. The number of aliphatic hydroxyl groups is 1. The number of halogens is 2. The molecule has 18 heavy (non-hydrogen) atoms. The summed E-state index contributed by atoms with van der Waals surface area (Å²) in [4.78, 5) is 0. The Hall–Kier alpha value is -1.42. The van der Waals surface area contributed by atoms with Gasteiger partial charge in [0, 0.05) is 5.02 Å². The summed E-state index contributed by atoms with van der Waals surface area (Å²) in [5.74, 6) is -0.330. The highest BCUT2D eigenvalue weighted by Crippen LogP contribution is 2.28. The lowest BCUT2D eigenvalue weighted by Gasteiger charge is -2.19. The predicted octanol–water partition coefficient (Wildman–Crippen LogP) is 3.21. The molecule has 0 heterocycles. The normalized spacial score (nSPS) is 14.2. The van der Waals surface area contributed by atoms with Crippen LogP contribution in [0.15, 0.2) is 48.5 Å². The summed E-state index contributed by atoms with van der Waals surface area (Å²) in [7, 11) is 0. The molecular weight excluding hydrogens is 253 g/mol. The van der Waals surface area contributed by atoms with Crippen LogP contribution in [0.1, 0.15) is 23.3 Å².